The second kappa shape index (κ2) is 7.85. The van der Waals surface area contributed by atoms with E-state index < -0.39 is 5.97 Å². The van der Waals surface area contributed by atoms with Crippen molar-refractivity contribution in [3.8, 4) is 11.5 Å². The molecule has 23 heavy (non-hydrogen) atoms. The molecule has 1 fully saturated rings. The summed E-state index contributed by atoms with van der Waals surface area (Å²) < 4.78 is 10.5. The summed E-state index contributed by atoms with van der Waals surface area (Å²) in [7, 11) is 3.20. The molecule has 6 nitrogen and oxygen atoms in total. The number of hydrogen-bond donors (Lipinski definition) is 1. The molecular weight excluding hydrogens is 298 g/mol. The van der Waals surface area contributed by atoms with E-state index >= 15 is 0 Å². The Morgan fingerprint density at radius 3 is 2.57 bits per heavy atom. The largest absolute Gasteiger partial charge is 0.497 e. The molecule has 2 rings (SSSR count). The molecule has 0 unspecified atom stereocenters. The van der Waals surface area contributed by atoms with Gasteiger partial charge in [-0.3, -0.25) is 9.59 Å². The van der Waals surface area contributed by atoms with Crippen molar-refractivity contribution < 1.29 is 24.2 Å². The van der Waals surface area contributed by atoms with Crippen molar-refractivity contribution in [3.05, 3.63) is 23.8 Å². The van der Waals surface area contributed by atoms with Crippen LogP contribution < -0.4 is 9.47 Å². The minimum Gasteiger partial charge on any atom is -0.497 e. The number of hydrogen-bond acceptors (Lipinski definition) is 4. The van der Waals surface area contributed by atoms with Crippen molar-refractivity contribution >= 4 is 11.9 Å². The van der Waals surface area contributed by atoms with Gasteiger partial charge in [-0.15, -0.1) is 0 Å². The molecule has 0 heterocycles. The zero-order valence-electron chi connectivity index (χ0n) is 13.6. The summed E-state index contributed by atoms with van der Waals surface area (Å²) in [6, 6.07) is 5.73. The van der Waals surface area contributed by atoms with E-state index in [1.54, 1.807) is 14.2 Å². The molecule has 1 amide bonds. The molecule has 1 aromatic carbocycles. The Balaban J connectivity index is 1.88. The number of carboxylic acids is 1. The van der Waals surface area contributed by atoms with E-state index in [1.165, 1.54) is 4.90 Å². The number of carboxylic acid groups (broad SMARTS) is 1. The zero-order chi connectivity index (χ0) is 16.8. The molecule has 6 heteroatoms. The average molecular weight is 321 g/mol. The van der Waals surface area contributed by atoms with Gasteiger partial charge in [0.25, 0.3) is 0 Å². The minimum absolute atomic E-state index is 0.0811. The summed E-state index contributed by atoms with van der Waals surface area (Å²) in [4.78, 5) is 24.6. The first-order valence-corrected chi connectivity index (χ1v) is 7.77. The number of methoxy groups -OCH3 is 2. The van der Waals surface area contributed by atoms with Crippen LogP contribution in [0.4, 0.5) is 0 Å². The summed E-state index contributed by atoms with van der Waals surface area (Å²) in [5.74, 6) is 0.425. The first kappa shape index (κ1) is 17.1. The van der Waals surface area contributed by atoms with Crippen LogP contribution in [0, 0.1) is 0 Å². The van der Waals surface area contributed by atoms with Crippen LogP contribution in [0.1, 0.15) is 31.2 Å². The van der Waals surface area contributed by atoms with Crippen LogP contribution in [-0.4, -0.2) is 48.7 Å². The van der Waals surface area contributed by atoms with Gasteiger partial charge < -0.3 is 19.5 Å². The van der Waals surface area contributed by atoms with Gasteiger partial charge in [0.15, 0.2) is 0 Å². The molecule has 1 aromatic rings. The highest BCUT2D eigenvalue weighted by atomic mass is 16.5. The molecular formula is C17H23NO5. The molecule has 0 aliphatic heterocycles. The van der Waals surface area contributed by atoms with Gasteiger partial charge in [0.1, 0.15) is 18.0 Å². The topological polar surface area (TPSA) is 76.1 Å². The third-order valence-corrected chi connectivity index (χ3v) is 3.94. The number of nitrogens with zero attached hydrogens (tertiary/aromatic N) is 1. The Kier molecular flexibility index (Phi) is 5.84. The molecule has 0 atom stereocenters. The summed E-state index contributed by atoms with van der Waals surface area (Å²) in [6.07, 6.45) is 3.52. The van der Waals surface area contributed by atoms with E-state index in [0.717, 1.165) is 29.9 Å². The van der Waals surface area contributed by atoms with E-state index in [2.05, 4.69) is 0 Å². The van der Waals surface area contributed by atoms with Crippen molar-refractivity contribution in [1.29, 1.82) is 0 Å². The lowest BCUT2D eigenvalue weighted by Crippen LogP contribution is -2.37. The van der Waals surface area contributed by atoms with Gasteiger partial charge in [-0.25, -0.2) is 0 Å². The standard InChI is InChI=1S/C17H23NO5/c1-22-14-9-6-12(15(10-14)23-2)4-3-5-16(19)18(11-17(20)21)13-7-8-13/h6,9-10,13H,3-5,7-8,11H2,1-2H3,(H,20,21). The second-order valence-electron chi connectivity index (χ2n) is 5.68. The van der Waals surface area contributed by atoms with Crippen LogP contribution in [0.15, 0.2) is 18.2 Å². The van der Waals surface area contributed by atoms with E-state index in [1.807, 2.05) is 18.2 Å². The Hall–Kier alpha value is -2.24. The number of carbonyl (C=O) groups excluding carboxylic acids is 1. The van der Waals surface area contributed by atoms with E-state index in [4.69, 9.17) is 14.6 Å². The molecule has 0 radical (unpaired) electrons. The van der Waals surface area contributed by atoms with Crippen molar-refractivity contribution in [1.82, 2.24) is 4.90 Å². The maximum Gasteiger partial charge on any atom is 0.323 e. The quantitative estimate of drug-likeness (QED) is 0.754. The van der Waals surface area contributed by atoms with Gasteiger partial charge in [0.05, 0.1) is 14.2 Å². The van der Waals surface area contributed by atoms with Crippen LogP contribution in [0.5, 0.6) is 11.5 Å². The van der Waals surface area contributed by atoms with Gasteiger partial charge in [-0.2, -0.15) is 0 Å². The van der Waals surface area contributed by atoms with E-state index in [-0.39, 0.29) is 18.5 Å². The number of ether oxygens (including phenoxy) is 2. The zero-order valence-corrected chi connectivity index (χ0v) is 13.6. The van der Waals surface area contributed by atoms with Crippen molar-refractivity contribution in [2.45, 2.75) is 38.1 Å². The SMILES string of the molecule is COc1ccc(CCCC(=O)N(CC(=O)O)C2CC2)c(OC)c1. The highest BCUT2D eigenvalue weighted by Gasteiger charge is 2.33. The summed E-state index contributed by atoms with van der Waals surface area (Å²) in [6.45, 7) is -0.199. The van der Waals surface area contributed by atoms with Crippen molar-refractivity contribution in [2.75, 3.05) is 20.8 Å². The number of aryl methyl sites for hydroxylation is 1. The lowest BCUT2D eigenvalue weighted by molar-refractivity contribution is -0.144. The number of carbonyl (C=O) groups is 2. The molecule has 1 N–H and O–H groups in total. The van der Waals surface area contributed by atoms with Gasteiger partial charge >= 0.3 is 5.97 Å². The van der Waals surface area contributed by atoms with Gasteiger partial charge in [-0.05, 0) is 37.3 Å². The van der Waals surface area contributed by atoms with Gasteiger partial charge in [0.2, 0.25) is 5.91 Å². The predicted octanol–water partition coefficient (Wildman–Crippen LogP) is 2.10. The van der Waals surface area contributed by atoms with Gasteiger partial charge in [-0.1, -0.05) is 6.07 Å². The number of amides is 1. The molecule has 1 saturated carbocycles. The van der Waals surface area contributed by atoms with Crippen molar-refractivity contribution in [2.24, 2.45) is 0 Å². The lowest BCUT2D eigenvalue weighted by Gasteiger charge is -2.20. The average Bonchev–Trinajstić information content (AvgIpc) is 3.37. The number of benzene rings is 1. The normalized spacial score (nSPS) is 13.5. The Morgan fingerprint density at radius 1 is 1.26 bits per heavy atom. The minimum atomic E-state index is -0.956. The highest BCUT2D eigenvalue weighted by molar-refractivity contribution is 5.81. The van der Waals surface area contributed by atoms with E-state index in [9.17, 15) is 9.59 Å². The monoisotopic (exact) mass is 321 g/mol. The molecule has 1 aliphatic carbocycles. The first-order chi connectivity index (χ1) is 11.0. The Labute approximate surface area is 136 Å². The fraction of sp³-hybridized carbons (Fsp3) is 0.529. The van der Waals surface area contributed by atoms with Crippen LogP contribution in [0.25, 0.3) is 0 Å². The first-order valence-electron chi connectivity index (χ1n) is 7.77. The summed E-state index contributed by atoms with van der Waals surface area (Å²) in [5, 5.41) is 8.91. The third-order valence-electron chi connectivity index (χ3n) is 3.94. The van der Waals surface area contributed by atoms with Crippen LogP contribution in [0.2, 0.25) is 0 Å². The lowest BCUT2D eigenvalue weighted by atomic mass is 10.1. The van der Waals surface area contributed by atoms with Gasteiger partial charge in [0, 0.05) is 18.5 Å². The molecule has 1 aliphatic rings. The summed E-state index contributed by atoms with van der Waals surface area (Å²) >= 11 is 0. The molecule has 0 spiro atoms. The molecule has 0 bridgehead atoms. The maximum absolute atomic E-state index is 12.2. The van der Waals surface area contributed by atoms with Crippen LogP contribution >= 0.6 is 0 Å². The van der Waals surface area contributed by atoms with E-state index in [0.29, 0.717) is 19.3 Å². The van der Waals surface area contributed by atoms with Crippen LogP contribution in [-0.2, 0) is 16.0 Å². The highest BCUT2D eigenvalue weighted by Crippen LogP contribution is 2.28. The molecule has 126 valence electrons. The van der Waals surface area contributed by atoms with Crippen LogP contribution in [0.3, 0.4) is 0 Å². The Morgan fingerprint density at radius 2 is 2.00 bits per heavy atom. The third kappa shape index (κ3) is 4.87. The fourth-order valence-electron chi connectivity index (χ4n) is 2.58. The smallest absolute Gasteiger partial charge is 0.323 e. The maximum atomic E-state index is 12.2. The second-order valence-corrected chi connectivity index (χ2v) is 5.68. The predicted molar refractivity (Wildman–Crippen MR) is 84.9 cm³/mol. The van der Waals surface area contributed by atoms with Crippen molar-refractivity contribution in [3.63, 3.8) is 0 Å². The number of aliphatic carboxylic acids is 1. The Bertz CT molecular complexity index is 568. The number of rotatable bonds is 9. The fourth-order valence-corrected chi connectivity index (χ4v) is 2.58. The molecule has 0 aromatic heterocycles. The summed E-state index contributed by atoms with van der Waals surface area (Å²) in [5.41, 5.74) is 1.01. The molecule has 0 saturated heterocycles.